The molecule has 1 aliphatic rings. The van der Waals surface area contributed by atoms with Gasteiger partial charge in [0.1, 0.15) is 12.0 Å². The van der Waals surface area contributed by atoms with Crippen LogP contribution in [0.1, 0.15) is 25.0 Å². The topological polar surface area (TPSA) is 105 Å². The minimum Gasteiger partial charge on any atom is -0.493 e. The van der Waals surface area contributed by atoms with Gasteiger partial charge in [0.2, 0.25) is 5.75 Å². The van der Waals surface area contributed by atoms with Crippen molar-refractivity contribution in [1.29, 1.82) is 0 Å². The van der Waals surface area contributed by atoms with E-state index in [0.717, 1.165) is 36.1 Å². The van der Waals surface area contributed by atoms with Gasteiger partial charge in [0.05, 0.1) is 45.5 Å². The Kier molecular flexibility index (Phi) is 6.50. The number of methoxy groups -OCH3 is 3. The number of pyridine rings is 1. The zero-order valence-electron chi connectivity index (χ0n) is 21.1. The van der Waals surface area contributed by atoms with Gasteiger partial charge >= 0.3 is 5.69 Å². The van der Waals surface area contributed by atoms with Crippen molar-refractivity contribution in [1.82, 2.24) is 29.0 Å². The molecule has 4 aromatic rings. The second-order valence-corrected chi connectivity index (χ2v) is 9.06. The molecule has 4 heterocycles. The second-order valence-electron chi connectivity index (χ2n) is 9.06. The highest BCUT2D eigenvalue weighted by atomic mass is 16.5. The van der Waals surface area contributed by atoms with Gasteiger partial charge in [0, 0.05) is 25.8 Å². The highest BCUT2D eigenvalue weighted by Gasteiger charge is 2.23. The fourth-order valence-corrected chi connectivity index (χ4v) is 4.96. The molecular weight excluding hydrogens is 464 g/mol. The second kappa shape index (κ2) is 9.75. The van der Waals surface area contributed by atoms with E-state index in [9.17, 15) is 4.79 Å². The zero-order chi connectivity index (χ0) is 25.4. The van der Waals surface area contributed by atoms with E-state index in [2.05, 4.69) is 28.8 Å². The van der Waals surface area contributed by atoms with Crippen molar-refractivity contribution in [2.75, 3.05) is 34.4 Å². The number of hydrogen-bond acceptors (Lipinski definition) is 9. The molecule has 11 heteroatoms. The van der Waals surface area contributed by atoms with Crippen LogP contribution in [-0.2, 0) is 17.8 Å². The monoisotopic (exact) mass is 494 g/mol. The van der Waals surface area contributed by atoms with Gasteiger partial charge in [-0.05, 0) is 43.2 Å². The summed E-state index contributed by atoms with van der Waals surface area (Å²) in [5.74, 6) is 1.51. The Morgan fingerprint density at radius 1 is 0.917 bits per heavy atom. The molecule has 3 aromatic heterocycles. The van der Waals surface area contributed by atoms with Crippen molar-refractivity contribution in [3.05, 3.63) is 52.3 Å². The lowest BCUT2D eigenvalue weighted by Gasteiger charge is -2.35. The van der Waals surface area contributed by atoms with E-state index in [0.29, 0.717) is 28.5 Å². The molecule has 0 spiro atoms. The summed E-state index contributed by atoms with van der Waals surface area (Å²) in [5.41, 5.74) is 2.50. The first-order valence-electron chi connectivity index (χ1n) is 11.8. The Balaban J connectivity index is 1.58. The Morgan fingerprint density at radius 2 is 1.61 bits per heavy atom. The van der Waals surface area contributed by atoms with Gasteiger partial charge in [-0.15, -0.1) is 0 Å². The number of ether oxygens (including phenoxy) is 4. The highest BCUT2D eigenvalue weighted by Crippen LogP contribution is 2.38. The highest BCUT2D eigenvalue weighted by molar-refractivity contribution is 5.89. The summed E-state index contributed by atoms with van der Waals surface area (Å²) in [7, 11) is 4.67. The fourth-order valence-electron chi connectivity index (χ4n) is 4.96. The predicted molar refractivity (Wildman–Crippen MR) is 133 cm³/mol. The van der Waals surface area contributed by atoms with Crippen LogP contribution < -0.4 is 19.9 Å². The minimum absolute atomic E-state index is 0.175. The van der Waals surface area contributed by atoms with Crippen molar-refractivity contribution in [2.45, 2.75) is 39.1 Å². The van der Waals surface area contributed by atoms with Gasteiger partial charge < -0.3 is 18.9 Å². The van der Waals surface area contributed by atoms with E-state index in [1.807, 2.05) is 24.4 Å². The summed E-state index contributed by atoms with van der Waals surface area (Å²) in [6.45, 7) is 6.83. The van der Waals surface area contributed by atoms with Crippen molar-refractivity contribution in [3.63, 3.8) is 0 Å². The number of fused-ring (bicyclic) bond motifs is 3. The Labute approximate surface area is 208 Å². The lowest BCUT2D eigenvalue weighted by molar-refractivity contribution is -0.0705. The van der Waals surface area contributed by atoms with Crippen LogP contribution in [-0.4, -0.2) is 75.7 Å². The molecule has 1 saturated heterocycles. The van der Waals surface area contributed by atoms with Crippen LogP contribution in [0.4, 0.5) is 0 Å². The third-order valence-corrected chi connectivity index (χ3v) is 6.35. The smallest absolute Gasteiger partial charge is 0.352 e. The average Bonchev–Trinajstić information content (AvgIpc) is 3.36. The summed E-state index contributed by atoms with van der Waals surface area (Å²) >= 11 is 0. The molecule has 0 saturated carbocycles. The van der Waals surface area contributed by atoms with Gasteiger partial charge in [-0.25, -0.2) is 14.8 Å². The SMILES string of the molecule is COc1cc(Cn2c(=O)n3ncnc3c3cc(CN4C[C@@H](C)O[C@@H](C)C4)cnc32)cc(OC)c1OC. The number of nitrogens with zero attached hydrogens (tertiary/aromatic N) is 6. The van der Waals surface area contributed by atoms with Crippen LogP contribution >= 0.6 is 0 Å². The molecule has 36 heavy (non-hydrogen) atoms. The largest absolute Gasteiger partial charge is 0.493 e. The molecule has 1 fully saturated rings. The molecule has 1 aromatic carbocycles. The van der Waals surface area contributed by atoms with E-state index in [4.69, 9.17) is 23.9 Å². The Bertz CT molecular complexity index is 1430. The fraction of sp³-hybridized carbons (Fsp3) is 0.440. The Hall–Kier alpha value is -3.70. The molecule has 0 aliphatic carbocycles. The molecule has 11 nitrogen and oxygen atoms in total. The van der Waals surface area contributed by atoms with Crippen molar-refractivity contribution >= 4 is 16.7 Å². The summed E-state index contributed by atoms with van der Waals surface area (Å²) in [4.78, 5) is 24.8. The molecule has 1 aliphatic heterocycles. The van der Waals surface area contributed by atoms with Crippen LogP contribution in [0.2, 0.25) is 0 Å². The maximum atomic E-state index is 13.4. The van der Waals surface area contributed by atoms with Gasteiger partial charge in [0.15, 0.2) is 17.1 Å². The maximum Gasteiger partial charge on any atom is 0.352 e. The average molecular weight is 495 g/mol. The number of aromatic nitrogens is 5. The third kappa shape index (κ3) is 4.35. The molecule has 0 N–H and O–H groups in total. The van der Waals surface area contributed by atoms with Crippen molar-refractivity contribution < 1.29 is 18.9 Å². The molecule has 2 atom stereocenters. The lowest BCUT2D eigenvalue weighted by Crippen LogP contribution is -2.44. The number of benzene rings is 1. The molecule has 0 radical (unpaired) electrons. The van der Waals surface area contributed by atoms with Gasteiger partial charge in [0.25, 0.3) is 0 Å². The third-order valence-electron chi connectivity index (χ3n) is 6.35. The predicted octanol–water partition coefficient (Wildman–Crippen LogP) is 2.12. The normalized spacial score (nSPS) is 18.6. The quantitative estimate of drug-likeness (QED) is 0.382. The standard InChI is InChI=1S/C25H30N6O5/c1-15-10-29(11-16(2)36-15)12-18-6-19-23(26-9-18)30(25(32)31-24(19)27-14-28-31)13-17-7-20(33-3)22(35-5)21(8-17)34-4/h6-9,14-16H,10-13H2,1-5H3/t15-,16+. The molecule has 5 rings (SSSR count). The van der Waals surface area contributed by atoms with Crippen LogP contribution in [0.3, 0.4) is 0 Å². The van der Waals surface area contributed by atoms with Gasteiger partial charge in [-0.3, -0.25) is 9.47 Å². The van der Waals surface area contributed by atoms with E-state index < -0.39 is 0 Å². The number of rotatable bonds is 7. The van der Waals surface area contributed by atoms with Crippen molar-refractivity contribution in [3.8, 4) is 17.2 Å². The maximum absolute atomic E-state index is 13.4. The number of morpholine rings is 1. The van der Waals surface area contributed by atoms with Crippen LogP contribution in [0.25, 0.3) is 16.7 Å². The van der Waals surface area contributed by atoms with Crippen LogP contribution in [0.5, 0.6) is 17.2 Å². The van der Waals surface area contributed by atoms with Crippen LogP contribution in [0, 0.1) is 0 Å². The first-order valence-corrected chi connectivity index (χ1v) is 11.8. The lowest BCUT2D eigenvalue weighted by atomic mass is 10.1. The summed E-state index contributed by atoms with van der Waals surface area (Å²) < 4.78 is 25.2. The van der Waals surface area contributed by atoms with Crippen molar-refractivity contribution in [2.24, 2.45) is 0 Å². The Morgan fingerprint density at radius 3 is 2.25 bits per heavy atom. The summed E-state index contributed by atoms with van der Waals surface area (Å²) in [6.07, 6.45) is 3.56. The van der Waals surface area contributed by atoms with Crippen LogP contribution in [0.15, 0.2) is 35.5 Å². The first-order chi connectivity index (χ1) is 17.4. The molecule has 190 valence electrons. The summed E-state index contributed by atoms with van der Waals surface area (Å²) in [6, 6.07) is 5.68. The first kappa shape index (κ1) is 24.0. The molecule has 0 unspecified atom stereocenters. The summed E-state index contributed by atoms with van der Waals surface area (Å²) in [5, 5.41) is 4.93. The molecule has 0 bridgehead atoms. The van der Waals surface area contributed by atoms with E-state index in [1.165, 1.54) is 10.8 Å². The molecule has 0 amide bonds. The van der Waals surface area contributed by atoms with E-state index in [-0.39, 0.29) is 24.4 Å². The number of hydrogen-bond donors (Lipinski definition) is 0. The van der Waals surface area contributed by atoms with Gasteiger partial charge in [-0.2, -0.15) is 9.61 Å². The van der Waals surface area contributed by atoms with E-state index >= 15 is 0 Å². The molecular formula is C25H30N6O5. The van der Waals surface area contributed by atoms with E-state index in [1.54, 1.807) is 25.9 Å². The minimum atomic E-state index is -0.333. The van der Waals surface area contributed by atoms with Gasteiger partial charge in [-0.1, -0.05) is 0 Å². The zero-order valence-corrected chi connectivity index (χ0v) is 21.1.